The number of H-pyrrole nitrogens is 1. The largest absolute Gasteiger partial charge is 0.368 e. The van der Waals surface area contributed by atoms with Gasteiger partial charge in [-0.15, -0.1) is 0 Å². The number of urea groups is 1. The van der Waals surface area contributed by atoms with Crippen molar-refractivity contribution in [2.45, 2.75) is 13.3 Å². The SMILES string of the molecule is CC(=O)CC(=O)ON(C(=O)NS)c1ncn[nH]1. The smallest absolute Gasteiger partial charge is 0.328 e. The van der Waals surface area contributed by atoms with Crippen LogP contribution < -0.4 is 9.79 Å². The molecule has 0 spiro atoms. The molecule has 0 saturated carbocycles. The summed E-state index contributed by atoms with van der Waals surface area (Å²) in [5.74, 6) is -1.40. The molecule has 0 bridgehead atoms. The lowest BCUT2D eigenvalue weighted by atomic mass is 10.3. The monoisotopic (exact) mass is 259 g/mol. The maximum atomic E-state index is 11.3. The van der Waals surface area contributed by atoms with E-state index in [1.807, 2.05) is 4.72 Å². The van der Waals surface area contributed by atoms with Crippen molar-refractivity contribution in [3.63, 3.8) is 0 Å². The minimum Gasteiger partial charge on any atom is -0.328 e. The fraction of sp³-hybridized carbons (Fsp3) is 0.286. The molecule has 0 saturated heterocycles. The van der Waals surface area contributed by atoms with E-state index in [0.717, 1.165) is 6.33 Å². The number of hydroxylamine groups is 1. The molecular weight excluding hydrogens is 250 g/mol. The van der Waals surface area contributed by atoms with E-state index in [1.165, 1.54) is 6.92 Å². The highest BCUT2D eigenvalue weighted by Gasteiger charge is 2.23. The molecule has 1 aromatic rings. The minimum absolute atomic E-state index is 0.117. The average molecular weight is 259 g/mol. The van der Waals surface area contributed by atoms with Crippen LogP contribution in [0.2, 0.25) is 0 Å². The van der Waals surface area contributed by atoms with E-state index in [-0.39, 0.29) is 11.7 Å². The van der Waals surface area contributed by atoms with Crippen LogP contribution in [0.25, 0.3) is 0 Å². The zero-order valence-corrected chi connectivity index (χ0v) is 9.60. The molecule has 0 aromatic carbocycles. The summed E-state index contributed by atoms with van der Waals surface area (Å²) in [7, 11) is 0. The summed E-state index contributed by atoms with van der Waals surface area (Å²) in [4.78, 5) is 41.5. The summed E-state index contributed by atoms with van der Waals surface area (Å²) in [6.45, 7) is 1.22. The van der Waals surface area contributed by atoms with Gasteiger partial charge in [-0.3, -0.25) is 9.52 Å². The van der Waals surface area contributed by atoms with E-state index >= 15 is 0 Å². The molecule has 0 aliphatic rings. The molecule has 9 nitrogen and oxygen atoms in total. The molecule has 1 heterocycles. The van der Waals surface area contributed by atoms with E-state index in [9.17, 15) is 14.4 Å². The van der Waals surface area contributed by atoms with Gasteiger partial charge in [-0.2, -0.15) is 10.1 Å². The fourth-order valence-electron chi connectivity index (χ4n) is 0.861. The summed E-state index contributed by atoms with van der Waals surface area (Å²) in [6.07, 6.45) is 0.664. The van der Waals surface area contributed by atoms with E-state index in [0.29, 0.717) is 5.06 Å². The van der Waals surface area contributed by atoms with Gasteiger partial charge >= 0.3 is 12.0 Å². The number of carbonyl (C=O) groups excluding carboxylic acids is 3. The van der Waals surface area contributed by atoms with Gasteiger partial charge in [0, 0.05) is 0 Å². The number of aromatic nitrogens is 3. The number of rotatable bonds is 3. The Morgan fingerprint density at radius 1 is 1.59 bits per heavy atom. The van der Waals surface area contributed by atoms with Crippen LogP contribution in [0.1, 0.15) is 13.3 Å². The van der Waals surface area contributed by atoms with Gasteiger partial charge < -0.3 is 4.84 Å². The van der Waals surface area contributed by atoms with Crippen LogP contribution in [-0.2, 0) is 14.4 Å². The Kier molecular flexibility index (Phi) is 4.46. The lowest BCUT2D eigenvalue weighted by Gasteiger charge is -2.16. The number of nitrogens with zero attached hydrogens (tertiary/aromatic N) is 3. The third-order valence-electron chi connectivity index (χ3n) is 1.46. The minimum atomic E-state index is -0.897. The van der Waals surface area contributed by atoms with Crippen molar-refractivity contribution in [2.24, 2.45) is 0 Å². The molecule has 2 N–H and O–H groups in total. The molecule has 0 aliphatic carbocycles. The molecule has 2 amide bonds. The first-order chi connectivity index (χ1) is 8.04. The molecule has 0 unspecified atom stereocenters. The van der Waals surface area contributed by atoms with Gasteiger partial charge in [0.25, 0.3) is 5.95 Å². The van der Waals surface area contributed by atoms with Gasteiger partial charge in [0.1, 0.15) is 18.5 Å². The number of ketones is 1. The highest BCUT2D eigenvalue weighted by molar-refractivity contribution is 7.78. The quantitative estimate of drug-likeness (QED) is 0.386. The van der Waals surface area contributed by atoms with Crippen molar-refractivity contribution < 1.29 is 19.2 Å². The second-order valence-electron chi connectivity index (χ2n) is 2.86. The number of amides is 2. The van der Waals surface area contributed by atoms with Crippen LogP contribution in [0, 0.1) is 0 Å². The third-order valence-corrected chi connectivity index (χ3v) is 1.65. The van der Waals surface area contributed by atoms with Crippen molar-refractivity contribution >= 4 is 36.5 Å². The van der Waals surface area contributed by atoms with Crippen molar-refractivity contribution in [3.05, 3.63) is 6.33 Å². The molecular formula is C7H9N5O4S. The number of thiol groups is 1. The molecule has 10 heteroatoms. The molecule has 17 heavy (non-hydrogen) atoms. The van der Waals surface area contributed by atoms with Crippen LogP contribution >= 0.6 is 12.8 Å². The number of aromatic amines is 1. The average Bonchev–Trinajstić information content (AvgIpc) is 2.77. The summed E-state index contributed by atoms with van der Waals surface area (Å²) < 4.78 is 1.94. The van der Waals surface area contributed by atoms with Gasteiger partial charge in [-0.05, 0) is 6.92 Å². The van der Waals surface area contributed by atoms with Crippen molar-refractivity contribution in [1.29, 1.82) is 0 Å². The molecule has 0 aliphatic heterocycles. The highest BCUT2D eigenvalue weighted by atomic mass is 32.1. The normalized spacial score (nSPS) is 9.53. The van der Waals surface area contributed by atoms with E-state index in [2.05, 4.69) is 32.8 Å². The first-order valence-electron chi connectivity index (χ1n) is 4.34. The fourth-order valence-corrected chi connectivity index (χ4v) is 0.951. The van der Waals surface area contributed by atoms with Crippen molar-refractivity contribution in [1.82, 2.24) is 19.9 Å². The maximum Gasteiger partial charge on any atom is 0.368 e. The van der Waals surface area contributed by atoms with Gasteiger partial charge in [0.05, 0.1) is 0 Å². The zero-order chi connectivity index (χ0) is 12.8. The van der Waals surface area contributed by atoms with Crippen LogP contribution in [0.5, 0.6) is 0 Å². The molecule has 1 aromatic heterocycles. The lowest BCUT2D eigenvalue weighted by Crippen LogP contribution is -2.39. The number of anilines is 1. The molecule has 0 radical (unpaired) electrons. The maximum absolute atomic E-state index is 11.3. The van der Waals surface area contributed by atoms with Crippen molar-refractivity contribution in [2.75, 3.05) is 5.06 Å². The Labute approximate surface area is 101 Å². The molecule has 1 rings (SSSR count). The Hall–Kier alpha value is -2.10. The second-order valence-corrected chi connectivity index (χ2v) is 3.09. The molecule has 0 fully saturated rings. The predicted octanol–water partition coefficient (Wildman–Crippen LogP) is -0.397. The molecule has 0 atom stereocenters. The first-order valence-corrected chi connectivity index (χ1v) is 4.79. The standard InChI is InChI=1S/C7H9N5O4S/c1-4(13)2-5(14)16-12(7(15)11-17)6-8-3-9-10-6/h3,17H,2H2,1H3,(H,11,15)(H,8,9,10). The number of nitrogens with one attached hydrogen (secondary N) is 2. The highest BCUT2D eigenvalue weighted by Crippen LogP contribution is 2.07. The van der Waals surface area contributed by atoms with Gasteiger partial charge in [-0.25, -0.2) is 14.7 Å². The first kappa shape index (κ1) is 13.0. The Morgan fingerprint density at radius 3 is 2.76 bits per heavy atom. The number of hydrogen-bond acceptors (Lipinski definition) is 7. The van der Waals surface area contributed by atoms with E-state index in [4.69, 9.17) is 0 Å². The Bertz CT molecular complexity index is 420. The summed E-state index contributed by atoms with van der Waals surface area (Å²) in [5.41, 5.74) is 0. The topological polar surface area (TPSA) is 117 Å². The summed E-state index contributed by atoms with van der Waals surface area (Å²) in [6, 6.07) is -0.859. The van der Waals surface area contributed by atoms with Crippen LogP contribution in [0.15, 0.2) is 6.33 Å². The number of Topliss-reactive ketones (excluding diaryl/α,β-unsaturated/α-hetero) is 1. The van der Waals surface area contributed by atoms with Crippen LogP contribution in [0.4, 0.5) is 10.7 Å². The lowest BCUT2D eigenvalue weighted by molar-refractivity contribution is -0.146. The molecule has 92 valence electrons. The number of hydrogen-bond donors (Lipinski definition) is 3. The third kappa shape index (κ3) is 3.75. The van der Waals surface area contributed by atoms with Gasteiger partial charge in [-0.1, -0.05) is 17.9 Å². The summed E-state index contributed by atoms with van der Waals surface area (Å²) in [5, 5.41) is 6.31. The van der Waals surface area contributed by atoms with Crippen molar-refractivity contribution in [3.8, 4) is 0 Å². The Balaban J connectivity index is 2.75. The van der Waals surface area contributed by atoms with E-state index < -0.39 is 18.4 Å². The van der Waals surface area contributed by atoms with Crippen LogP contribution in [0.3, 0.4) is 0 Å². The Morgan fingerprint density at radius 2 is 2.29 bits per heavy atom. The summed E-state index contributed by atoms with van der Waals surface area (Å²) >= 11 is 3.52. The van der Waals surface area contributed by atoms with Gasteiger partial charge in [0.15, 0.2) is 0 Å². The van der Waals surface area contributed by atoms with E-state index in [1.54, 1.807) is 0 Å². The van der Waals surface area contributed by atoms with Gasteiger partial charge in [0.2, 0.25) is 0 Å². The van der Waals surface area contributed by atoms with Crippen LogP contribution in [-0.4, -0.2) is 33.0 Å². The second kappa shape index (κ2) is 5.84. The number of carbonyl (C=O) groups is 3. The zero-order valence-electron chi connectivity index (χ0n) is 8.71. The predicted molar refractivity (Wildman–Crippen MR) is 57.8 cm³/mol.